The van der Waals surface area contributed by atoms with Crippen LogP contribution in [-0.2, 0) is 11.3 Å². The first-order chi connectivity index (χ1) is 8.62. The van der Waals surface area contributed by atoms with E-state index in [9.17, 15) is 4.79 Å². The van der Waals surface area contributed by atoms with E-state index in [1.807, 2.05) is 31.8 Å². The lowest BCUT2D eigenvalue weighted by molar-refractivity contribution is -0.130. The van der Waals surface area contributed by atoms with Crippen molar-refractivity contribution in [3.8, 4) is 0 Å². The van der Waals surface area contributed by atoms with E-state index < -0.39 is 0 Å². The molecule has 0 fully saturated rings. The van der Waals surface area contributed by atoms with E-state index in [1.54, 1.807) is 4.90 Å². The van der Waals surface area contributed by atoms with Gasteiger partial charge >= 0.3 is 0 Å². The highest BCUT2D eigenvalue weighted by Gasteiger charge is 2.11. The molecule has 102 valence electrons. The van der Waals surface area contributed by atoms with Gasteiger partial charge in [-0.1, -0.05) is 13.3 Å². The molecule has 1 heterocycles. The van der Waals surface area contributed by atoms with Crippen LogP contribution in [-0.4, -0.2) is 36.0 Å². The van der Waals surface area contributed by atoms with E-state index in [4.69, 9.17) is 0 Å². The molecule has 18 heavy (non-hydrogen) atoms. The zero-order valence-electron chi connectivity index (χ0n) is 11.9. The second kappa shape index (κ2) is 7.21. The molecule has 0 aliphatic rings. The fourth-order valence-corrected chi connectivity index (χ4v) is 1.98. The van der Waals surface area contributed by atoms with Gasteiger partial charge in [0, 0.05) is 32.0 Å². The predicted octanol–water partition coefficient (Wildman–Crippen LogP) is 2.03. The molecule has 1 N–H and O–H groups in total. The Morgan fingerprint density at radius 3 is 2.78 bits per heavy atom. The Morgan fingerprint density at radius 2 is 2.22 bits per heavy atom. The van der Waals surface area contributed by atoms with Gasteiger partial charge in [-0.25, -0.2) is 0 Å². The third-order valence-electron chi connectivity index (χ3n) is 3.32. The highest BCUT2D eigenvalue weighted by Crippen LogP contribution is 2.18. The topological polar surface area (TPSA) is 37.3 Å². The van der Waals surface area contributed by atoms with Crippen LogP contribution in [0.25, 0.3) is 0 Å². The summed E-state index contributed by atoms with van der Waals surface area (Å²) in [5.41, 5.74) is 1.26. The second-order valence-electron chi connectivity index (χ2n) is 4.66. The zero-order valence-corrected chi connectivity index (χ0v) is 11.9. The number of hydrogen-bond acceptors (Lipinski definition) is 2. The van der Waals surface area contributed by atoms with Gasteiger partial charge in [0.05, 0.1) is 0 Å². The molecule has 1 aromatic rings. The molecule has 0 aliphatic heterocycles. The van der Waals surface area contributed by atoms with Gasteiger partial charge in [0.2, 0.25) is 5.91 Å². The third kappa shape index (κ3) is 3.88. The SMILES string of the molecule is CCCC(NC)c1ccn(CC(=O)N(C)CC)c1. The van der Waals surface area contributed by atoms with E-state index in [1.165, 1.54) is 5.56 Å². The lowest BCUT2D eigenvalue weighted by atomic mass is 10.1. The molecule has 0 radical (unpaired) electrons. The van der Waals surface area contributed by atoms with Gasteiger partial charge in [-0.15, -0.1) is 0 Å². The van der Waals surface area contributed by atoms with Gasteiger partial charge in [-0.05, 0) is 32.0 Å². The minimum Gasteiger partial charge on any atom is -0.345 e. The maximum Gasteiger partial charge on any atom is 0.242 e. The molecule has 1 atom stereocenters. The Hall–Kier alpha value is -1.29. The first-order valence-electron chi connectivity index (χ1n) is 6.69. The molecule has 1 unspecified atom stereocenters. The summed E-state index contributed by atoms with van der Waals surface area (Å²) in [6.45, 7) is 5.34. The minimum absolute atomic E-state index is 0.149. The number of aromatic nitrogens is 1. The maximum absolute atomic E-state index is 11.8. The van der Waals surface area contributed by atoms with Crippen molar-refractivity contribution < 1.29 is 4.79 Å². The molecular formula is C14H25N3O. The molecule has 0 saturated heterocycles. The average Bonchev–Trinajstić information content (AvgIpc) is 2.83. The van der Waals surface area contributed by atoms with Crippen LogP contribution in [0.5, 0.6) is 0 Å². The van der Waals surface area contributed by atoms with Crippen LogP contribution in [0.3, 0.4) is 0 Å². The zero-order chi connectivity index (χ0) is 13.5. The summed E-state index contributed by atoms with van der Waals surface area (Å²) >= 11 is 0. The summed E-state index contributed by atoms with van der Waals surface area (Å²) in [4.78, 5) is 13.5. The summed E-state index contributed by atoms with van der Waals surface area (Å²) in [7, 11) is 3.81. The second-order valence-corrected chi connectivity index (χ2v) is 4.66. The largest absolute Gasteiger partial charge is 0.345 e. The van der Waals surface area contributed by atoms with Crippen LogP contribution in [0.4, 0.5) is 0 Å². The van der Waals surface area contributed by atoms with Crippen LogP contribution in [0, 0.1) is 0 Å². The van der Waals surface area contributed by atoms with Gasteiger partial charge in [-0.2, -0.15) is 0 Å². The molecule has 1 aromatic heterocycles. The van der Waals surface area contributed by atoms with E-state index in [0.717, 1.165) is 19.4 Å². The van der Waals surface area contributed by atoms with Crippen molar-refractivity contribution in [3.63, 3.8) is 0 Å². The summed E-state index contributed by atoms with van der Waals surface area (Å²) in [6, 6.07) is 2.48. The van der Waals surface area contributed by atoms with Crippen molar-refractivity contribution in [3.05, 3.63) is 24.0 Å². The molecular weight excluding hydrogens is 226 g/mol. The van der Waals surface area contributed by atoms with E-state index in [-0.39, 0.29) is 5.91 Å². The standard InChI is InChI=1S/C14H25N3O/c1-5-7-13(15-3)12-8-9-17(10-12)11-14(18)16(4)6-2/h8-10,13,15H,5-7,11H2,1-4H3. The van der Waals surface area contributed by atoms with Gasteiger partial charge in [0.15, 0.2) is 0 Å². The Bertz CT molecular complexity index is 373. The maximum atomic E-state index is 11.8. The summed E-state index contributed by atoms with van der Waals surface area (Å²) < 4.78 is 1.96. The van der Waals surface area contributed by atoms with E-state index in [0.29, 0.717) is 12.6 Å². The number of rotatable bonds is 7. The van der Waals surface area contributed by atoms with Crippen LogP contribution >= 0.6 is 0 Å². The monoisotopic (exact) mass is 251 g/mol. The lowest BCUT2D eigenvalue weighted by Gasteiger charge is -2.15. The Kier molecular flexibility index (Phi) is 5.92. The normalized spacial score (nSPS) is 12.4. The van der Waals surface area contributed by atoms with Crippen molar-refractivity contribution in [1.29, 1.82) is 0 Å². The smallest absolute Gasteiger partial charge is 0.242 e. The Morgan fingerprint density at radius 1 is 1.50 bits per heavy atom. The number of hydrogen-bond donors (Lipinski definition) is 1. The number of nitrogens with zero attached hydrogens (tertiary/aromatic N) is 2. The minimum atomic E-state index is 0.149. The van der Waals surface area contributed by atoms with Crippen LogP contribution < -0.4 is 5.32 Å². The summed E-state index contributed by atoms with van der Waals surface area (Å²) in [5.74, 6) is 0.149. The van der Waals surface area contributed by atoms with Gasteiger partial charge in [0.1, 0.15) is 6.54 Å². The van der Waals surface area contributed by atoms with Crippen molar-refractivity contribution in [1.82, 2.24) is 14.8 Å². The van der Waals surface area contributed by atoms with Crippen molar-refractivity contribution in [2.45, 2.75) is 39.3 Å². The van der Waals surface area contributed by atoms with Crippen molar-refractivity contribution >= 4 is 5.91 Å². The third-order valence-corrected chi connectivity index (χ3v) is 3.32. The van der Waals surface area contributed by atoms with Gasteiger partial charge in [-0.3, -0.25) is 4.79 Å². The molecule has 4 nitrogen and oxygen atoms in total. The van der Waals surface area contributed by atoms with Crippen LogP contribution in [0.15, 0.2) is 18.5 Å². The molecule has 4 heteroatoms. The van der Waals surface area contributed by atoms with Gasteiger partial charge < -0.3 is 14.8 Å². The average molecular weight is 251 g/mol. The number of likely N-dealkylation sites (N-methyl/N-ethyl adjacent to an activating group) is 1. The van der Waals surface area contributed by atoms with Crippen LogP contribution in [0.2, 0.25) is 0 Å². The molecule has 0 spiro atoms. The highest BCUT2D eigenvalue weighted by molar-refractivity contribution is 5.75. The number of carbonyl (C=O) groups excluding carboxylic acids is 1. The first kappa shape index (κ1) is 14.8. The summed E-state index contributed by atoms with van der Waals surface area (Å²) in [6.07, 6.45) is 6.31. The summed E-state index contributed by atoms with van der Waals surface area (Å²) in [5, 5.41) is 3.31. The lowest BCUT2D eigenvalue weighted by Crippen LogP contribution is -2.29. The quantitative estimate of drug-likeness (QED) is 0.805. The Balaban J connectivity index is 2.65. The van der Waals surface area contributed by atoms with E-state index in [2.05, 4.69) is 24.5 Å². The van der Waals surface area contributed by atoms with E-state index >= 15 is 0 Å². The first-order valence-corrected chi connectivity index (χ1v) is 6.69. The number of carbonyl (C=O) groups is 1. The fourth-order valence-electron chi connectivity index (χ4n) is 1.98. The van der Waals surface area contributed by atoms with Crippen molar-refractivity contribution in [2.24, 2.45) is 0 Å². The number of nitrogens with one attached hydrogen (secondary N) is 1. The molecule has 1 rings (SSSR count). The molecule has 1 amide bonds. The fraction of sp³-hybridized carbons (Fsp3) is 0.643. The highest BCUT2D eigenvalue weighted by atomic mass is 16.2. The molecule has 0 saturated carbocycles. The predicted molar refractivity (Wildman–Crippen MR) is 74.5 cm³/mol. The number of amides is 1. The Labute approximate surface area is 110 Å². The molecule has 0 aliphatic carbocycles. The van der Waals surface area contributed by atoms with Crippen LogP contribution in [0.1, 0.15) is 38.3 Å². The van der Waals surface area contributed by atoms with Crippen molar-refractivity contribution in [2.75, 3.05) is 20.6 Å². The molecule has 0 bridgehead atoms. The van der Waals surface area contributed by atoms with Gasteiger partial charge in [0.25, 0.3) is 0 Å². The molecule has 0 aromatic carbocycles.